The maximum absolute atomic E-state index is 13.8. The molecule has 98 valence electrons. The van der Waals surface area contributed by atoms with E-state index in [4.69, 9.17) is 18.0 Å². The second-order valence-corrected chi connectivity index (χ2v) is 4.86. The summed E-state index contributed by atoms with van der Waals surface area (Å²) in [6.45, 7) is 3.99. The summed E-state index contributed by atoms with van der Waals surface area (Å²) in [6, 6.07) is 10.7. The third-order valence-corrected chi connectivity index (χ3v) is 3.20. The minimum absolute atomic E-state index is 0.0480. The van der Waals surface area contributed by atoms with Gasteiger partial charge in [0.15, 0.2) is 0 Å². The number of para-hydroxylation sites is 1. The summed E-state index contributed by atoms with van der Waals surface area (Å²) < 4.78 is 13.8. The van der Waals surface area contributed by atoms with Crippen molar-refractivity contribution in [1.29, 1.82) is 0 Å². The van der Waals surface area contributed by atoms with Crippen LogP contribution in [0.25, 0.3) is 0 Å². The highest BCUT2D eigenvalue weighted by atomic mass is 32.1. The van der Waals surface area contributed by atoms with Crippen LogP contribution in [0.4, 0.5) is 15.8 Å². The first-order valence-corrected chi connectivity index (χ1v) is 6.33. The molecule has 2 nitrogen and oxygen atoms in total. The molecular weight excluding hydrogens is 259 g/mol. The smallest absolute Gasteiger partial charge is 0.135 e. The number of nitrogens with one attached hydrogen (secondary N) is 1. The van der Waals surface area contributed by atoms with Crippen molar-refractivity contribution in [2.75, 3.05) is 5.32 Å². The number of anilines is 2. The highest BCUT2D eigenvalue weighted by Gasteiger charge is 2.12. The molecule has 19 heavy (non-hydrogen) atoms. The van der Waals surface area contributed by atoms with Gasteiger partial charge in [-0.1, -0.05) is 36.5 Å². The third-order valence-electron chi connectivity index (χ3n) is 3.00. The van der Waals surface area contributed by atoms with Crippen LogP contribution in [0.15, 0.2) is 36.4 Å². The van der Waals surface area contributed by atoms with Gasteiger partial charge in [-0.15, -0.1) is 0 Å². The zero-order valence-electron chi connectivity index (χ0n) is 10.8. The Balaban J connectivity index is 2.50. The minimum Gasteiger partial charge on any atom is -0.389 e. The predicted molar refractivity (Wildman–Crippen MR) is 81.5 cm³/mol. The minimum atomic E-state index is -0.413. The average molecular weight is 274 g/mol. The average Bonchev–Trinajstić information content (AvgIpc) is 2.33. The first-order chi connectivity index (χ1) is 9.00. The predicted octanol–water partition coefficient (Wildman–Crippen LogP) is 3.82. The Kier molecular flexibility index (Phi) is 3.81. The van der Waals surface area contributed by atoms with Crippen LogP contribution in [0.1, 0.15) is 16.7 Å². The van der Waals surface area contributed by atoms with E-state index in [0.29, 0.717) is 5.69 Å². The van der Waals surface area contributed by atoms with Crippen LogP contribution in [0.3, 0.4) is 0 Å². The van der Waals surface area contributed by atoms with Crippen LogP contribution < -0.4 is 11.1 Å². The van der Waals surface area contributed by atoms with Crippen LogP contribution in [-0.4, -0.2) is 4.99 Å². The first-order valence-electron chi connectivity index (χ1n) is 5.92. The van der Waals surface area contributed by atoms with E-state index in [0.717, 1.165) is 16.8 Å². The fourth-order valence-electron chi connectivity index (χ4n) is 2.03. The summed E-state index contributed by atoms with van der Waals surface area (Å²) in [6.07, 6.45) is 0. The van der Waals surface area contributed by atoms with Gasteiger partial charge in [0.2, 0.25) is 0 Å². The highest BCUT2D eigenvalue weighted by Crippen LogP contribution is 2.27. The molecule has 0 heterocycles. The Bertz CT molecular complexity index is 618. The molecule has 0 aromatic heterocycles. The van der Waals surface area contributed by atoms with E-state index in [1.165, 1.54) is 6.07 Å². The number of hydrogen-bond acceptors (Lipinski definition) is 2. The molecule has 0 fully saturated rings. The zero-order chi connectivity index (χ0) is 14.0. The molecule has 0 bridgehead atoms. The molecule has 0 saturated carbocycles. The SMILES string of the molecule is Cc1cccc(C)c1Nc1cccc(F)c1C(N)=S. The maximum atomic E-state index is 13.8. The maximum Gasteiger partial charge on any atom is 0.135 e. The van der Waals surface area contributed by atoms with Crippen molar-refractivity contribution in [3.8, 4) is 0 Å². The molecule has 2 rings (SSSR count). The number of aryl methyl sites for hydroxylation is 2. The van der Waals surface area contributed by atoms with E-state index < -0.39 is 5.82 Å². The Hall–Kier alpha value is -1.94. The first kappa shape index (κ1) is 13.5. The molecule has 2 aromatic rings. The van der Waals surface area contributed by atoms with E-state index in [-0.39, 0.29) is 10.6 Å². The fourth-order valence-corrected chi connectivity index (χ4v) is 2.23. The standard InChI is InChI=1S/C15H15FN2S/c1-9-5-3-6-10(2)14(9)18-12-8-4-7-11(16)13(12)15(17)19/h3-8,18H,1-2H3,(H2,17,19). The lowest BCUT2D eigenvalue weighted by Gasteiger charge is -2.15. The van der Waals surface area contributed by atoms with E-state index >= 15 is 0 Å². The monoisotopic (exact) mass is 274 g/mol. The van der Waals surface area contributed by atoms with Gasteiger partial charge in [-0.25, -0.2) is 4.39 Å². The highest BCUT2D eigenvalue weighted by molar-refractivity contribution is 7.80. The van der Waals surface area contributed by atoms with Crippen LogP contribution in [0, 0.1) is 19.7 Å². The van der Waals surface area contributed by atoms with Crippen molar-refractivity contribution in [3.05, 3.63) is 58.9 Å². The van der Waals surface area contributed by atoms with Crippen LogP contribution in [0.2, 0.25) is 0 Å². The second-order valence-electron chi connectivity index (χ2n) is 4.42. The zero-order valence-corrected chi connectivity index (χ0v) is 11.6. The van der Waals surface area contributed by atoms with Gasteiger partial charge in [0.05, 0.1) is 11.3 Å². The van der Waals surface area contributed by atoms with Gasteiger partial charge in [0, 0.05) is 5.69 Å². The van der Waals surface area contributed by atoms with Crippen LogP contribution in [0.5, 0.6) is 0 Å². The summed E-state index contributed by atoms with van der Waals surface area (Å²) in [5, 5.41) is 3.22. The summed E-state index contributed by atoms with van der Waals surface area (Å²) in [5.74, 6) is -0.413. The fraction of sp³-hybridized carbons (Fsp3) is 0.133. The van der Waals surface area contributed by atoms with E-state index in [1.54, 1.807) is 12.1 Å². The number of nitrogens with two attached hydrogens (primary N) is 1. The number of rotatable bonds is 3. The number of hydrogen-bond donors (Lipinski definition) is 2. The molecule has 0 amide bonds. The normalized spacial score (nSPS) is 10.3. The largest absolute Gasteiger partial charge is 0.389 e. The van der Waals surface area contributed by atoms with Gasteiger partial charge >= 0.3 is 0 Å². The third kappa shape index (κ3) is 2.74. The van der Waals surface area contributed by atoms with Gasteiger partial charge in [-0.05, 0) is 37.1 Å². The summed E-state index contributed by atoms with van der Waals surface area (Å²) in [4.78, 5) is 0.0480. The van der Waals surface area contributed by atoms with Crippen LogP contribution >= 0.6 is 12.2 Å². The molecule has 0 spiro atoms. The van der Waals surface area contributed by atoms with Crippen molar-refractivity contribution in [2.24, 2.45) is 5.73 Å². The lowest BCUT2D eigenvalue weighted by atomic mass is 10.1. The number of halogens is 1. The Morgan fingerprint density at radius 3 is 2.26 bits per heavy atom. The van der Waals surface area contributed by atoms with Crippen molar-refractivity contribution in [1.82, 2.24) is 0 Å². The lowest BCUT2D eigenvalue weighted by Crippen LogP contribution is -2.14. The quantitative estimate of drug-likeness (QED) is 0.836. The van der Waals surface area contributed by atoms with Crippen molar-refractivity contribution in [3.63, 3.8) is 0 Å². The van der Waals surface area contributed by atoms with E-state index in [1.807, 2.05) is 32.0 Å². The van der Waals surface area contributed by atoms with Gasteiger partial charge in [-0.2, -0.15) is 0 Å². The Labute approximate surface area is 117 Å². The molecule has 0 aliphatic heterocycles. The Morgan fingerprint density at radius 2 is 1.68 bits per heavy atom. The summed E-state index contributed by atoms with van der Waals surface area (Å²) >= 11 is 4.92. The van der Waals surface area contributed by atoms with Gasteiger partial charge in [-0.3, -0.25) is 0 Å². The number of thiocarbonyl (C=S) groups is 1. The lowest BCUT2D eigenvalue weighted by molar-refractivity contribution is 0.626. The Morgan fingerprint density at radius 1 is 1.11 bits per heavy atom. The molecule has 2 aromatic carbocycles. The summed E-state index contributed by atoms with van der Waals surface area (Å²) in [5.41, 5.74) is 9.55. The van der Waals surface area contributed by atoms with Crippen molar-refractivity contribution < 1.29 is 4.39 Å². The number of benzene rings is 2. The van der Waals surface area contributed by atoms with Crippen LogP contribution in [-0.2, 0) is 0 Å². The van der Waals surface area contributed by atoms with Gasteiger partial charge < -0.3 is 11.1 Å². The van der Waals surface area contributed by atoms with E-state index in [2.05, 4.69) is 5.32 Å². The molecule has 0 radical (unpaired) electrons. The summed E-state index contributed by atoms with van der Waals surface area (Å²) in [7, 11) is 0. The topological polar surface area (TPSA) is 38.0 Å². The molecule has 0 aliphatic rings. The molecular formula is C15H15FN2S. The molecule has 0 atom stereocenters. The molecule has 3 N–H and O–H groups in total. The van der Waals surface area contributed by atoms with E-state index in [9.17, 15) is 4.39 Å². The van der Waals surface area contributed by atoms with Gasteiger partial charge in [0.1, 0.15) is 10.8 Å². The van der Waals surface area contributed by atoms with Crippen molar-refractivity contribution >= 4 is 28.6 Å². The second kappa shape index (κ2) is 5.36. The van der Waals surface area contributed by atoms with Gasteiger partial charge in [0.25, 0.3) is 0 Å². The molecule has 0 saturated heterocycles. The molecule has 0 aliphatic carbocycles. The van der Waals surface area contributed by atoms with Crippen molar-refractivity contribution in [2.45, 2.75) is 13.8 Å². The molecule has 4 heteroatoms. The molecule has 0 unspecified atom stereocenters.